The van der Waals surface area contributed by atoms with Crippen LogP contribution < -0.4 is 16.0 Å². The molecule has 1 aliphatic carbocycles. The lowest BCUT2D eigenvalue weighted by molar-refractivity contribution is -0.135. The van der Waals surface area contributed by atoms with E-state index in [1.165, 1.54) is 23.2 Å². The maximum Gasteiger partial charge on any atom is 0.246 e. The maximum atomic E-state index is 13.4. The number of anilines is 3. The van der Waals surface area contributed by atoms with Crippen molar-refractivity contribution in [1.29, 1.82) is 0 Å². The van der Waals surface area contributed by atoms with Gasteiger partial charge in [-0.05, 0) is 40.3 Å². The summed E-state index contributed by atoms with van der Waals surface area (Å²) in [7, 11) is 5.45. The summed E-state index contributed by atoms with van der Waals surface area (Å²) in [5, 5.41) is 9.18. The first-order valence-corrected chi connectivity index (χ1v) is 12.6. The van der Waals surface area contributed by atoms with Gasteiger partial charge in [0.15, 0.2) is 0 Å². The average molecular weight is 523 g/mol. The molecular formula is C27H35FN8O2. The zero-order valence-corrected chi connectivity index (χ0v) is 22.3. The molecule has 3 N–H and O–H groups in total. The lowest BCUT2D eigenvalue weighted by Crippen LogP contribution is -2.45. The number of hydrogen-bond donors (Lipinski definition) is 3. The molecule has 1 saturated carbocycles. The lowest BCUT2D eigenvalue weighted by atomic mass is 10.2. The maximum absolute atomic E-state index is 13.4. The van der Waals surface area contributed by atoms with E-state index in [-0.39, 0.29) is 11.8 Å². The van der Waals surface area contributed by atoms with E-state index >= 15 is 0 Å². The Morgan fingerprint density at radius 3 is 2.74 bits per heavy atom. The molecule has 2 aromatic heterocycles. The first kappa shape index (κ1) is 28.5. The molecule has 0 spiro atoms. The van der Waals surface area contributed by atoms with E-state index in [0.717, 1.165) is 19.0 Å². The fourth-order valence-electron chi connectivity index (χ4n) is 3.22. The van der Waals surface area contributed by atoms with Gasteiger partial charge in [-0.3, -0.25) is 14.6 Å². The molecule has 11 heteroatoms. The third-order valence-electron chi connectivity index (χ3n) is 5.71. The van der Waals surface area contributed by atoms with Crippen molar-refractivity contribution in [2.24, 2.45) is 0 Å². The minimum Gasteiger partial charge on any atom is -0.366 e. The highest BCUT2D eigenvalue weighted by Crippen LogP contribution is 2.26. The van der Waals surface area contributed by atoms with Gasteiger partial charge in [-0.25, -0.2) is 9.37 Å². The van der Waals surface area contributed by atoms with E-state index in [1.54, 1.807) is 26.2 Å². The van der Waals surface area contributed by atoms with E-state index in [2.05, 4.69) is 42.7 Å². The first-order valence-electron chi connectivity index (χ1n) is 12.6. The number of halogens is 1. The van der Waals surface area contributed by atoms with Gasteiger partial charge >= 0.3 is 0 Å². The highest BCUT2D eigenvalue weighted by atomic mass is 19.1. The predicted octanol–water partition coefficient (Wildman–Crippen LogP) is 2.54. The number of carbonyl (C=O) groups excluding carboxylic acids is 2. The molecule has 0 saturated heterocycles. The summed E-state index contributed by atoms with van der Waals surface area (Å²) < 4.78 is 13.4. The second-order valence-electron chi connectivity index (χ2n) is 9.38. The third kappa shape index (κ3) is 9.44. The molecule has 1 aliphatic rings. The van der Waals surface area contributed by atoms with Crippen LogP contribution in [0.15, 0.2) is 36.8 Å². The molecule has 1 atom stereocenters. The number of hydrogen-bond acceptors (Lipinski definition) is 8. The number of amides is 2. The van der Waals surface area contributed by atoms with Crippen molar-refractivity contribution < 1.29 is 14.0 Å². The fourth-order valence-corrected chi connectivity index (χ4v) is 3.22. The predicted molar refractivity (Wildman–Crippen MR) is 145 cm³/mol. The summed E-state index contributed by atoms with van der Waals surface area (Å²) in [6, 6.07) is 1.10. The summed E-state index contributed by atoms with van der Waals surface area (Å²) in [6.45, 7) is 2.80. The topological polar surface area (TPSA) is 115 Å². The van der Waals surface area contributed by atoms with Gasteiger partial charge in [0.2, 0.25) is 17.8 Å². The van der Waals surface area contributed by atoms with Crippen LogP contribution in [0.3, 0.4) is 0 Å². The van der Waals surface area contributed by atoms with Gasteiger partial charge < -0.3 is 25.8 Å². The Kier molecular flexibility index (Phi) is 10.5. The van der Waals surface area contributed by atoms with E-state index in [0.29, 0.717) is 55.0 Å². The van der Waals surface area contributed by atoms with Gasteiger partial charge in [-0.1, -0.05) is 17.9 Å². The summed E-state index contributed by atoms with van der Waals surface area (Å²) in [6.07, 6.45) is 10.9. The summed E-state index contributed by atoms with van der Waals surface area (Å²) >= 11 is 0. The van der Waals surface area contributed by atoms with Crippen molar-refractivity contribution in [2.45, 2.75) is 44.7 Å². The van der Waals surface area contributed by atoms with Crippen LogP contribution in [0.2, 0.25) is 0 Å². The molecule has 2 heterocycles. The monoisotopic (exact) mass is 522 g/mol. The van der Waals surface area contributed by atoms with Gasteiger partial charge in [0.05, 0.1) is 29.8 Å². The molecule has 2 aromatic rings. The third-order valence-corrected chi connectivity index (χ3v) is 5.71. The normalized spacial score (nSPS) is 13.5. The zero-order valence-electron chi connectivity index (χ0n) is 22.3. The highest BCUT2D eigenvalue weighted by Gasteiger charge is 2.23. The Morgan fingerprint density at radius 1 is 1.24 bits per heavy atom. The summed E-state index contributed by atoms with van der Waals surface area (Å²) in [5.41, 5.74) is 1.12. The first-order chi connectivity index (χ1) is 18.2. The highest BCUT2D eigenvalue weighted by molar-refractivity contribution is 5.92. The zero-order chi connectivity index (χ0) is 27.5. The number of nitrogens with zero attached hydrogens (tertiary/aromatic N) is 5. The van der Waals surface area contributed by atoms with Gasteiger partial charge in [0.1, 0.15) is 17.7 Å². The molecule has 0 aliphatic heterocycles. The minimum absolute atomic E-state index is 0.212. The number of likely N-dealkylation sites (N-methyl/N-ethyl adjacent to an activating group) is 2. The molecule has 10 nitrogen and oxygen atoms in total. The van der Waals surface area contributed by atoms with Crippen LogP contribution >= 0.6 is 0 Å². The Labute approximate surface area is 223 Å². The Hall–Kier alpha value is -4.04. The molecule has 202 valence electrons. The lowest BCUT2D eigenvalue weighted by Gasteiger charge is -2.23. The number of carbonyl (C=O) groups is 2. The largest absolute Gasteiger partial charge is 0.366 e. The fraction of sp³-hybridized carbons (Fsp3) is 0.444. The van der Waals surface area contributed by atoms with Gasteiger partial charge in [0, 0.05) is 44.7 Å². The van der Waals surface area contributed by atoms with E-state index in [1.807, 2.05) is 19.0 Å². The number of nitrogens with one attached hydrogen (secondary N) is 3. The quantitative estimate of drug-likeness (QED) is 0.221. The molecule has 3 rings (SSSR count). The average Bonchev–Trinajstić information content (AvgIpc) is 3.70. The summed E-state index contributed by atoms with van der Waals surface area (Å²) in [4.78, 5) is 40.6. The van der Waals surface area contributed by atoms with Crippen molar-refractivity contribution in [3.05, 3.63) is 48.2 Å². The summed E-state index contributed by atoms with van der Waals surface area (Å²) in [5.74, 6) is 6.27. The van der Waals surface area contributed by atoms with E-state index < -0.39 is 11.9 Å². The van der Waals surface area contributed by atoms with Crippen molar-refractivity contribution in [3.63, 3.8) is 0 Å². The Bertz CT molecular complexity index is 1200. The van der Waals surface area contributed by atoms with Crippen molar-refractivity contribution in [1.82, 2.24) is 30.1 Å². The Morgan fingerprint density at radius 2 is 2.03 bits per heavy atom. The Balaban J connectivity index is 1.48. The molecule has 0 aromatic carbocycles. The standard InChI is InChI=1S/C27H35FN8O2/c1-19(36(4)24(37)10-8-14-35(2)3)26(38)30-13-7-5-6-9-20-16-31-27(34-25(20)32-22-11-12-22)33-23-15-21(28)17-29-18-23/h8,10,15-19,22H,5,7,11-14H2,1-4H3,(H,30,38)(H2,31,32,33,34)/b10-8+/t19-/m0/s1. The SMILES string of the molecule is C[C@@H](C(=O)NCCCC#Cc1cnc(Nc2cncc(F)c2)nc1NC1CC1)N(C)C(=O)/C=C/CN(C)C. The second kappa shape index (κ2) is 14.0. The number of rotatable bonds is 12. The molecular weight excluding hydrogens is 487 g/mol. The van der Waals surface area contributed by atoms with E-state index in [4.69, 9.17) is 0 Å². The molecule has 0 unspecified atom stereocenters. The van der Waals surface area contributed by atoms with Crippen LogP contribution in [0, 0.1) is 17.7 Å². The van der Waals surface area contributed by atoms with Crippen LogP contribution in [0.5, 0.6) is 0 Å². The van der Waals surface area contributed by atoms with Gasteiger partial charge in [0.25, 0.3) is 0 Å². The molecule has 2 amide bonds. The van der Waals surface area contributed by atoms with Crippen molar-refractivity contribution in [2.75, 3.05) is 44.9 Å². The van der Waals surface area contributed by atoms with Crippen molar-refractivity contribution in [3.8, 4) is 11.8 Å². The van der Waals surface area contributed by atoms with Crippen LogP contribution in [0.25, 0.3) is 0 Å². The van der Waals surface area contributed by atoms with E-state index in [9.17, 15) is 14.0 Å². The van der Waals surface area contributed by atoms with Gasteiger partial charge in [-0.15, -0.1) is 0 Å². The number of unbranched alkanes of at least 4 members (excludes halogenated alkanes) is 1. The second-order valence-corrected chi connectivity index (χ2v) is 9.38. The number of aromatic nitrogens is 3. The molecule has 0 radical (unpaired) electrons. The smallest absolute Gasteiger partial charge is 0.246 e. The van der Waals surface area contributed by atoms with Crippen LogP contribution in [-0.4, -0.2) is 82.9 Å². The minimum atomic E-state index is -0.582. The van der Waals surface area contributed by atoms with Gasteiger partial charge in [-0.2, -0.15) is 4.98 Å². The molecule has 1 fully saturated rings. The van der Waals surface area contributed by atoms with Crippen LogP contribution in [-0.2, 0) is 9.59 Å². The molecule has 38 heavy (non-hydrogen) atoms. The van der Waals surface area contributed by atoms with Crippen LogP contribution in [0.4, 0.5) is 21.8 Å². The number of pyridine rings is 1. The molecule has 0 bridgehead atoms. The van der Waals surface area contributed by atoms with Crippen molar-refractivity contribution >= 4 is 29.3 Å². The van der Waals surface area contributed by atoms with Crippen LogP contribution in [0.1, 0.15) is 38.2 Å².